The maximum Gasteiger partial charge on any atom is 0.253 e. The Hall–Kier alpha value is -1.31. The SMILES string of the molecule is CCCCCN(CCCCC)C(=O)c1ccc(C(C)(C)C)cc1. The third-order valence-electron chi connectivity index (χ3n) is 4.35. The van der Waals surface area contributed by atoms with E-state index in [1.165, 1.54) is 31.2 Å². The predicted molar refractivity (Wildman–Crippen MR) is 100 cm³/mol. The van der Waals surface area contributed by atoms with Gasteiger partial charge in [0.05, 0.1) is 0 Å². The van der Waals surface area contributed by atoms with Crippen molar-refractivity contribution in [2.45, 2.75) is 78.6 Å². The molecule has 0 radical (unpaired) electrons. The summed E-state index contributed by atoms with van der Waals surface area (Å²) in [6, 6.07) is 8.19. The van der Waals surface area contributed by atoms with Crippen molar-refractivity contribution < 1.29 is 4.79 Å². The van der Waals surface area contributed by atoms with Gasteiger partial charge in [0.15, 0.2) is 0 Å². The molecule has 0 heterocycles. The molecule has 0 saturated carbocycles. The summed E-state index contributed by atoms with van der Waals surface area (Å²) < 4.78 is 0. The molecule has 0 aromatic heterocycles. The fraction of sp³-hybridized carbons (Fsp3) is 0.667. The molecular weight excluding hydrogens is 282 g/mol. The first kappa shape index (κ1) is 19.7. The van der Waals surface area contributed by atoms with Crippen LogP contribution in [-0.2, 0) is 5.41 Å². The highest BCUT2D eigenvalue weighted by Gasteiger charge is 2.17. The maximum absolute atomic E-state index is 12.8. The molecular formula is C21H35NO. The Bertz CT molecular complexity index is 446. The lowest BCUT2D eigenvalue weighted by atomic mass is 9.86. The van der Waals surface area contributed by atoms with Gasteiger partial charge in [-0.05, 0) is 36.0 Å². The van der Waals surface area contributed by atoms with E-state index in [1.807, 2.05) is 12.1 Å². The van der Waals surface area contributed by atoms with E-state index in [0.717, 1.165) is 31.5 Å². The van der Waals surface area contributed by atoms with Crippen molar-refractivity contribution in [3.63, 3.8) is 0 Å². The Kier molecular flexibility index (Phi) is 8.36. The van der Waals surface area contributed by atoms with E-state index >= 15 is 0 Å². The van der Waals surface area contributed by atoms with E-state index in [9.17, 15) is 4.79 Å². The quantitative estimate of drug-likeness (QED) is 0.526. The zero-order chi connectivity index (χ0) is 17.3. The Morgan fingerprint density at radius 2 is 1.35 bits per heavy atom. The number of unbranched alkanes of at least 4 members (excludes halogenated alkanes) is 4. The van der Waals surface area contributed by atoms with Crippen LogP contribution in [0.5, 0.6) is 0 Å². The molecule has 0 bridgehead atoms. The Balaban J connectivity index is 2.77. The number of hydrogen-bond donors (Lipinski definition) is 0. The van der Waals surface area contributed by atoms with Crippen LogP contribution in [0.4, 0.5) is 0 Å². The van der Waals surface area contributed by atoms with Crippen molar-refractivity contribution in [2.24, 2.45) is 0 Å². The molecule has 130 valence electrons. The van der Waals surface area contributed by atoms with E-state index in [1.54, 1.807) is 0 Å². The van der Waals surface area contributed by atoms with Crippen molar-refractivity contribution in [2.75, 3.05) is 13.1 Å². The summed E-state index contributed by atoms with van der Waals surface area (Å²) in [5.74, 6) is 0.192. The molecule has 1 aromatic carbocycles. The first-order valence-corrected chi connectivity index (χ1v) is 9.30. The molecule has 0 unspecified atom stereocenters. The van der Waals surface area contributed by atoms with Crippen LogP contribution >= 0.6 is 0 Å². The molecule has 0 N–H and O–H groups in total. The summed E-state index contributed by atoms with van der Waals surface area (Å²) in [5.41, 5.74) is 2.23. The number of amides is 1. The third-order valence-corrected chi connectivity index (χ3v) is 4.35. The lowest BCUT2D eigenvalue weighted by Gasteiger charge is -2.24. The molecule has 0 fully saturated rings. The highest BCUT2D eigenvalue weighted by molar-refractivity contribution is 5.94. The van der Waals surface area contributed by atoms with Crippen molar-refractivity contribution in [3.8, 4) is 0 Å². The van der Waals surface area contributed by atoms with E-state index in [2.05, 4.69) is 51.7 Å². The largest absolute Gasteiger partial charge is 0.339 e. The van der Waals surface area contributed by atoms with Crippen LogP contribution < -0.4 is 0 Å². The van der Waals surface area contributed by atoms with Gasteiger partial charge in [-0.1, -0.05) is 72.4 Å². The van der Waals surface area contributed by atoms with Crippen LogP contribution in [0, 0.1) is 0 Å². The van der Waals surface area contributed by atoms with E-state index in [0.29, 0.717) is 0 Å². The molecule has 0 aliphatic heterocycles. The second kappa shape index (κ2) is 9.75. The van der Waals surface area contributed by atoms with E-state index < -0.39 is 0 Å². The van der Waals surface area contributed by atoms with Crippen molar-refractivity contribution in [3.05, 3.63) is 35.4 Å². The van der Waals surface area contributed by atoms with E-state index in [-0.39, 0.29) is 11.3 Å². The summed E-state index contributed by atoms with van der Waals surface area (Å²) in [5, 5.41) is 0. The molecule has 2 heteroatoms. The molecule has 23 heavy (non-hydrogen) atoms. The minimum Gasteiger partial charge on any atom is -0.339 e. The van der Waals surface area contributed by atoms with Crippen LogP contribution in [-0.4, -0.2) is 23.9 Å². The van der Waals surface area contributed by atoms with Gasteiger partial charge >= 0.3 is 0 Å². The van der Waals surface area contributed by atoms with Crippen LogP contribution in [0.15, 0.2) is 24.3 Å². The molecule has 0 atom stereocenters. The van der Waals surface area contributed by atoms with Gasteiger partial charge in [0.2, 0.25) is 0 Å². The van der Waals surface area contributed by atoms with Gasteiger partial charge in [-0.15, -0.1) is 0 Å². The minimum atomic E-state index is 0.128. The summed E-state index contributed by atoms with van der Waals surface area (Å²) in [6.07, 6.45) is 6.98. The van der Waals surface area contributed by atoms with Crippen LogP contribution in [0.25, 0.3) is 0 Å². The molecule has 0 aliphatic carbocycles. The number of carbonyl (C=O) groups is 1. The Morgan fingerprint density at radius 3 is 1.74 bits per heavy atom. The summed E-state index contributed by atoms with van der Waals surface area (Å²) in [7, 11) is 0. The molecule has 1 aromatic rings. The van der Waals surface area contributed by atoms with Crippen molar-refractivity contribution >= 4 is 5.91 Å². The zero-order valence-corrected chi connectivity index (χ0v) is 15.8. The lowest BCUT2D eigenvalue weighted by molar-refractivity contribution is 0.0749. The molecule has 2 nitrogen and oxygen atoms in total. The second-order valence-electron chi connectivity index (χ2n) is 7.53. The normalized spacial score (nSPS) is 11.5. The number of rotatable bonds is 9. The average molecular weight is 318 g/mol. The predicted octanol–water partition coefficient (Wildman–Crippen LogP) is 5.81. The lowest BCUT2D eigenvalue weighted by Crippen LogP contribution is -2.33. The standard InChI is InChI=1S/C21H35NO/c1-6-8-10-16-22(17-11-9-7-2)20(23)18-12-14-19(15-13-18)21(3,4)5/h12-15H,6-11,16-17H2,1-5H3. The summed E-state index contributed by atoms with van der Waals surface area (Å²) in [6.45, 7) is 12.8. The molecule has 0 aliphatic rings. The molecule has 0 spiro atoms. The van der Waals surface area contributed by atoms with Gasteiger partial charge in [-0.25, -0.2) is 0 Å². The highest BCUT2D eigenvalue weighted by atomic mass is 16.2. The van der Waals surface area contributed by atoms with Crippen molar-refractivity contribution in [1.29, 1.82) is 0 Å². The zero-order valence-electron chi connectivity index (χ0n) is 15.8. The monoisotopic (exact) mass is 317 g/mol. The first-order valence-electron chi connectivity index (χ1n) is 9.30. The third kappa shape index (κ3) is 6.76. The summed E-state index contributed by atoms with van der Waals surface area (Å²) in [4.78, 5) is 14.9. The molecule has 1 rings (SSSR count). The maximum atomic E-state index is 12.8. The van der Waals surface area contributed by atoms with Gasteiger partial charge in [0, 0.05) is 18.7 Å². The molecule has 0 saturated heterocycles. The van der Waals surface area contributed by atoms with Gasteiger partial charge in [0.25, 0.3) is 5.91 Å². The van der Waals surface area contributed by atoms with Crippen LogP contribution in [0.1, 0.15) is 89.1 Å². The Morgan fingerprint density at radius 1 is 0.870 bits per heavy atom. The highest BCUT2D eigenvalue weighted by Crippen LogP contribution is 2.22. The van der Waals surface area contributed by atoms with Gasteiger partial charge < -0.3 is 4.90 Å². The Labute approximate surface area is 143 Å². The van der Waals surface area contributed by atoms with Crippen molar-refractivity contribution in [1.82, 2.24) is 4.90 Å². The van der Waals surface area contributed by atoms with Crippen LogP contribution in [0.2, 0.25) is 0 Å². The van der Waals surface area contributed by atoms with Gasteiger partial charge in [-0.3, -0.25) is 4.79 Å². The average Bonchev–Trinajstić information content (AvgIpc) is 2.52. The fourth-order valence-corrected chi connectivity index (χ4v) is 2.72. The van der Waals surface area contributed by atoms with Gasteiger partial charge in [-0.2, -0.15) is 0 Å². The number of hydrogen-bond acceptors (Lipinski definition) is 1. The fourth-order valence-electron chi connectivity index (χ4n) is 2.72. The number of carbonyl (C=O) groups excluding carboxylic acids is 1. The van der Waals surface area contributed by atoms with Gasteiger partial charge in [0.1, 0.15) is 0 Å². The van der Waals surface area contributed by atoms with Crippen LogP contribution in [0.3, 0.4) is 0 Å². The summed E-state index contributed by atoms with van der Waals surface area (Å²) >= 11 is 0. The number of nitrogens with zero attached hydrogens (tertiary/aromatic N) is 1. The minimum absolute atomic E-state index is 0.128. The second-order valence-corrected chi connectivity index (χ2v) is 7.53. The molecule has 1 amide bonds. The topological polar surface area (TPSA) is 20.3 Å². The first-order chi connectivity index (χ1) is 10.9. The van der Waals surface area contributed by atoms with E-state index in [4.69, 9.17) is 0 Å². The number of benzene rings is 1. The smallest absolute Gasteiger partial charge is 0.253 e.